The molecule has 0 radical (unpaired) electrons. The minimum atomic E-state index is -0.680. The number of aliphatic hydroxyl groups is 1. The molecular formula is C22H31NO5. The zero-order chi connectivity index (χ0) is 20.8. The Morgan fingerprint density at radius 1 is 1.25 bits per heavy atom. The number of hydrogen-bond acceptors (Lipinski definition) is 5. The number of aliphatic hydroxyl groups excluding tert-OH is 1. The zero-order valence-electron chi connectivity index (χ0n) is 17.2. The lowest BCUT2D eigenvalue weighted by molar-refractivity contribution is -0.130. The van der Waals surface area contributed by atoms with Crippen LogP contribution in [0, 0.1) is 5.92 Å². The van der Waals surface area contributed by atoms with E-state index >= 15 is 0 Å². The number of Topliss-reactive ketones (excluding diaryl/α,β-unsaturated/α-hetero) is 1. The van der Waals surface area contributed by atoms with Crippen molar-refractivity contribution < 1.29 is 24.5 Å². The molecule has 0 bridgehead atoms. The highest BCUT2D eigenvalue weighted by Crippen LogP contribution is 2.41. The number of benzene rings is 1. The first kappa shape index (κ1) is 21.8. The molecule has 2 rings (SSSR count). The Morgan fingerprint density at radius 2 is 1.96 bits per heavy atom. The number of phenolic OH excluding ortho intramolecular Hbond substituents is 1. The Morgan fingerprint density at radius 3 is 2.54 bits per heavy atom. The van der Waals surface area contributed by atoms with E-state index in [4.69, 9.17) is 4.74 Å². The minimum absolute atomic E-state index is 0.00608. The first-order valence-electron chi connectivity index (χ1n) is 10.1. The second kappa shape index (κ2) is 9.62. The third-order valence-electron chi connectivity index (χ3n) is 5.28. The molecule has 1 aliphatic rings. The molecule has 0 unspecified atom stereocenters. The molecule has 0 saturated carbocycles. The second-order valence-electron chi connectivity index (χ2n) is 7.26. The topological polar surface area (TPSA) is 87.1 Å². The monoisotopic (exact) mass is 389 g/mol. The summed E-state index contributed by atoms with van der Waals surface area (Å²) in [6.45, 7) is 8.22. The van der Waals surface area contributed by atoms with Crippen molar-refractivity contribution in [2.24, 2.45) is 5.92 Å². The van der Waals surface area contributed by atoms with Crippen molar-refractivity contribution in [3.8, 4) is 11.5 Å². The van der Waals surface area contributed by atoms with Crippen LogP contribution in [0.3, 0.4) is 0 Å². The summed E-state index contributed by atoms with van der Waals surface area (Å²) >= 11 is 0. The highest BCUT2D eigenvalue weighted by molar-refractivity contribution is 6.08. The number of amides is 1. The molecule has 154 valence electrons. The van der Waals surface area contributed by atoms with Crippen LogP contribution in [0.2, 0.25) is 0 Å². The van der Waals surface area contributed by atoms with Gasteiger partial charge in [-0.1, -0.05) is 39.2 Å². The van der Waals surface area contributed by atoms with Crippen LogP contribution in [0.5, 0.6) is 11.5 Å². The fourth-order valence-corrected chi connectivity index (χ4v) is 3.72. The van der Waals surface area contributed by atoms with E-state index in [1.54, 1.807) is 17.0 Å². The summed E-state index contributed by atoms with van der Waals surface area (Å²) in [4.78, 5) is 26.6. The molecule has 2 atom stereocenters. The van der Waals surface area contributed by atoms with Gasteiger partial charge in [-0.15, -0.1) is 0 Å². The van der Waals surface area contributed by atoms with Gasteiger partial charge in [0.2, 0.25) is 0 Å². The lowest BCUT2D eigenvalue weighted by Gasteiger charge is -2.30. The molecule has 6 nitrogen and oxygen atoms in total. The normalized spacial score (nSPS) is 17.9. The van der Waals surface area contributed by atoms with Crippen molar-refractivity contribution in [2.75, 3.05) is 13.2 Å². The summed E-state index contributed by atoms with van der Waals surface area (Å²) in [6, 6.07) is 4.11. The predicted molar refractivity (Wildman–Crippen MR) is 107 cm³/mol. The molecule has 0 aromatic heterocycles. The van der Waals surface area contributed by atoms with Gasteiger partial charge in [0, 0.05) is 6.54 Å². The maximum absolute atomic E-state index is 12.8. The van der Waals surface area contributed by atoms with Crippen molar-refractivity contribution >= 4 is 11.7 Å². The van der Waals surface area contributed by atoms with Gasteiger partial charge >= 0.3 is 0 Å². The first-order chi connectivity index (χ1) is 13.3. The Balaban J connectivity index is 2.46. The molecule has 1 aromatic carbocycles. The van der Waals surface area contributed by atoms with Gasteiger partial charge in [-0.05, 0) is 43.9 Å². The Hall–Kier alpha value is -2.50. The highest BCUT2D eigenvalue weighted by atomic mass is 16.5. The molecule has 0 saturated heterocycles. The van der Waals surface area contributed by atoms with Gasteiger partial charge in [-0.3, -0.25) is 9.59 Å². The maximum Gasteiger partial charge on any atom is 0.290 e. The van der Waals surface area contributed by atoms with Crippen LogP contribution in [0.4, 0.5) is 0 Å². The van der Waals surface area contributed by atoms with E-state index in [1.165, 1.54) is 13.0 Å². The smallest absolute Gasteiger partial charge is 0.290 e. The van der Waals surface area contributed by atoms with Crippen LogP contribution in [0.15, 0.2) is 29.5 Å². The summed E-state index contributed by atoms with van der Waals surface area (Å²) < 4.78 is 5.46. The summed E-state index contributed by atoms with van der Waals surface area (Å²) in [5.74, 6) is -0.766. The minimum Gasteiger partial charge on any atom is -0.504 e. The molecular weight excluding hydrogens is 358 g/mol. The lowest BCUT2D eigenvalue weighted by atomic mass is 9.94. The van der Waals surface area contributed by atoms with Crippen LogP contribution in [-0.4, -0.2) is 40.0 Å². The van der Waals surface area contributed by atoms with Gasteiger partial charge in [0.05, 0.1) is 18.2 Å². The van der Waals surface area contributed by atoms with Crippen LogP contribution in [0.25, 0.3) is 0 Å². The summed E-state index contributed by atoms with van der Waals surface area (Å²) in [6.07, 6.45) is 4.04. The molecule has 1 aromatic rings. The van der Waals surface area contributed by atoms with E-state index in [9.17, 15) is 19.8 Å². The third kappa shape index (κ3) is 4.49. The van der Waals surface area contributed by atoms with E-state index in [1.807, 2.05) is 6.92 Å². The zero-order valence-corrected chi connectivity index (χ0v) is 17.2. The number of phenols is 1. The average Bonchev–Trinajstić information content (AvgIpc) is 2.91. The number of nitrogens with zero attached hydrogens (tertiary/aromatic N) is 1. The molecule has 0 fully saturated rings. The van der Waals surface area contributed by atoms with E-state index in [0.717, 1.165) is 25.7 Å². The van der Waals surface area contributed by atoms with Gasteiger partial charge in [0.1, 0.15) is 0 Å². The number of carbonyl (C=O) groups excluding carboxylic acids is 2. The molecule has 0 aliphatic carbocycles. The number of aromatic hydroxyl groups is 1. The largest absolute Gasteiger partial charge is 0.504 e. The predicted octanol–water partition coefficient (Wildman–Crippen LogP) is 4.29. The van der Waals surface area contributed by atoms with Gasteiger partial charge in [0.15, 0.2) is 23.0 Å². The third-order valence-corrected chi connectivity index (χ3v) is 5.28. The molecule has 2 N–H and O–H groups in total. The van der Waals surface area contributed by atoms with Crippen LogP contribution in [-0.2, 0) is 9.59 Å². The average molecular weight is 389 g/mol. The van der Waals surface area contributed by atoms with Gasteiger partial charge < -0.3 is 19.8 Å². The van der Waals surface area contributed by atoms with E-state index < -0.39 is 17.7 Å². The molecule has 0 spiro atoms. The Kier molecular flexibility index (Phi) is 7.49. The van der Waals surface area contributed by atoms with Crippen molar-refractivity contribution in [1.29, 1.82) is 0 Å². The van der Waals surface area contributed by atoms with E-state index in [-0.39, 0.29) is 23.0 Å². The number of carbonyl (C=O) groups is 2. The van der Waals surface area contributed by atoms with Crippen LogP contribution >= 0.6 is 0 Å². The summed E-state index contributed by atoms with van der Waals surface area (Å²) in [5, 5.41) is 20.4. The summed E-state index contributed by atoms with van der Waals surface area (Å²) in [5.41, 5.74) is 0.734. The molecule has 28 heavy (non-hydrogen) atoms. The van der Waals surface area contributed by atoms with Crippen molar-refractivity contribution in [3.05, 3.63) is 35.1 Å². The Labute approximate surface area is 166 Å². The van der Waals surface area contributed by atoms with Gasteiger partial charge in [0.25, 0.3) is 5.91 Å². The number of rotatable bonds is 10. The number of unbranched alkanes of at least 4 members (excludes halogenated alkanes) is 1. The number of hydrogen-bond donors (Lipinski definition) is 2. The molecule has 1 amide bonds. The fraction of sp³-hybridized carbons (Fsp3) is 0.545. The number of ether oxygens (including phenoxy) is 1. The van der Waals surface area contributed by atoms with Crippen molar-refractivity contribution in [1.82, 2.24) is 4.90 Å². The van der Waals surface area contributed by atoms with E-state index in [0.29, 0.717) is 24.5 Å². The first-order valence-corrected chi connectivity index (χ1v) is 10.1. The lowest BCUT2D eigenvalue weighted by Crippen LogP contribution is -2.35. The molecule has 1 aliphatic heterocycles. The van der Waals surface area contributed by atoms with Gasteiger partial charge in [-0.25, -0.2) is 0 Å². The van der Waals surface area contributed by atoms with Gasteiger partial charge in [-0.2, -0.15) is 0 Å². The van der Waals surface area contributed by atoms with Crippen molar-refractivity contribution in [3.63, 3.8) is 0 Å². The summed E-state index contributed by atoms with van der Waals surface area (Å²) in [7, 11) is 0. The Bertz CT molecular complexity index is 755. The SMILES string of the molecule is CCCC[C@@H](CC)CN1C(=O)C(O)=C(C(C)=O)[C@@H]1c1ccc(O)c(OCC)c1. The van der Waals surface area contributed by atoms with Crippen LogP contribution in [0.1, 0.15) is 65.0 Å². The quantitative estimate of drug-likeness (QED) is 0.623. The van der Waals surface area contributed by atoms with E-state index in [2.05, 4.69) is 13.8 Å². The fourth-order valence-electron chi connectivity index (χ4n) is 3.72. The number of ketones is 1. The standard InChI is InChI=1S/C22H31NO5/c1-5-8-9-15(6-2)13-23-20(19(14(4)24)21(26)22(23)27)16-10-11-17(25)18(12-16)28-7-3/h10-12,15,20,25-26H,5-9,13H2,1-4H3/t15-,20+/m1/s1. The van der Waals surface area contributed by atoms with Crippen molar-refractivity contribution in [2.45, 2.75) is 59.4 Å². The molecule has 1 heterocycles. The maximum atomic E-state index is 12.8. The second-order valence-corrected chi connectivity index (χ2v) is 7.26. The highest BCUT2D eigenvalue weighted by Gasteiger charge is 2.43. The molecule has 6 heteroatoms. The van der Waals surface area contributed by atoms with Crippen LogP contribution < -0.4 is 4.74 Å².